The Morgan fingerprint density at radius 2 is 1.71 bits per heavy atom. The maximum absolute atomic E-state index is 12.5. The highest BCUT2D eigenvalue weighted by molar-refractivity contribution is 5.22. The van der Waals surface area contributed by atoms with Gasteiger partial charge in [0, 0.05) is 19.4 Å². The topological polar surface area (TPSA) is 51.0 Å². The molecule has 1 fully saturated rings. The van der Waals surface area contributed by atoms with E-state index in [-0.39, 0.29) is 11.1 Å². The molecule has 2 atom stereocenters. The Kier molecular flexibility index (Phi) is 2.78. The summed E-state index contributed by atoms with van der Waals surface area (Å²) in [5.41, 5.74) is -0.446. The first-order valence-electron chi connectivity index (χ1n) is 5.88. The van der Waals surface area contributed by atoms with E-state index in [1.54, 1.807) is 13.8 Å². The van der Waals surface area contributed by atoms with E-state index in [0.717, 1.165) is 5.56 Å². The van der Waals surface area contributed by atoms with Crippen LogP contribution in [0.2, 0.25) is 0 Å². The van der Waals surface area contributed by atoms with Gasteiger partial charge in [-0.05, 0) is 13.8 Å². The van der Waals surface area contributed by atoms with Crippen LogP contribution in [0.3, 0.4) is 0 Å². The van der Waals surface area contributed by atoms with Crippen molar-refractivity contribution in [3.05, 3.63) is 41.1 Å². The van der Waals surface area contributed by atoms with Gasteiger partial charge >= 0.3 is 0 Å². The summed E-state index contributed by atoms with van der Waals surface area (Å²) in [5.74, 6) is 0. The van der Waals surface area contributed by atoms with E-state index in [4.69, 9.17) is 0 Å². The van der Waals surface area contributed by atoms with Gasteiger partial charge in [-0.3, -0.25) is 0 Å². The summed E-state index contributed by atoms with van der Waals surface area (Å²) < 4.78 is 0. The van der Waals surface area contributed by atoms with Crippen LogP contribution in [0.25, 0.3) is 0 Å². The molecule has 0 aromatic heterocycles. The first kappa shape index (κ1) is 12.5. The van der Waals surface area contributed by atoms with Crippen LogP contribution in [0.15, 0.2) is 30.3 Å². The minimum absolute atomic E-state index is 0.0659. The highest BCUT2D eigenvalue weighted by Gasteiger charge is 2.58. The number of hydroxylamine groups is 4. The highest BCUT2D eigenvalue weighted by Crippen LogP contribution is 2.36. The molecule has 0 spiro atoms. The number of nitrogens with one attached hydrogen (secondary N) is 1. The number of rotatable bonds is 1. The molecule has 4 nitrogen and oxygen atoms in total. The molecule has 94 valence electrons. The molecule has 0 amide bonds. The van der Waals surface area contributed by atoms with E-state index >= 15 is 0 Å². The molecule has 17 heavy (non-hydrogen) atoms. The summed E-state index contributed by atoms with van der Waals surface area (Å²) in [7, 11) is 0. The third-order valence-electron chi connectivity index (χ3n) is 3.78. The summed E-state index contributed by atoms with van der Waals surface area (Å²) in [4.78, 5) is 0. The van der Waals surface area contributed by atoms with E-state index in [1.807, 2.05) is 44.2 Å². The predicted octanol–water partition coefficient (Wildman–Crippen LogP) is 1.33. The van der Waals surface area contributed by atoms with Gasteiger partial charge in [0.25, 0.3) is 0 Å². The maximum Gasteiger partial charge on any atom is 0.171 e. The molecule has 0 bridgehead atoms. The van der Waals surface area contributed by atoms with Gasteiger partial charge < -0.3 is 15.5 Å². The fourth-order valence-corrected chi connectivity index (χ4v) is 2.83. The third-order valence-corrected chi connectivity index (χ3v) is 3.78. The Labute approximate surface area is 102 Å². The van der Waals surface area contributed by atoms with Crippen LogP contribution in [0.5, 0.6) is 0 Å². The molecule has 2 unspecified atom stereocenters. The van der Waals surface area contributed by atoms with Gasteiger partial charge in [-0.15, -0.1) is 5.06 Å². The molecule has 1 aliphatic heterocycles. The second-order valence-corrected chi connectivity index (χ2v) is 5.73. The van der Waals surface area contributed by atoms with E-state index in [2.05, 4.69) is 0 Å². The second kappa shape index (κ2) is 3.78. The minimum atomic E-state index is -0.829. The monoisotopic (exact) mass is 236 g/mol. The van der Waals surface area contributed by atoms with Gasteiger partial charge in [-0.25, -0.2) is 0 Å². The fourth-order valence-electron chi connectivity index (χ4n) is 2.83. The zero-order valence-electron chi connectivity index (χ0n) is 10.8. The number of nitrogens with zero attached hydrogens (tertiary/aromatic N) is 1. The quantitative estimate of drug-likeness (QED) is 0.723. The summed E-state index contributed by atoms with van der Waals surface area (Å²) in [6, 6.07) is 9.37. The lowest BCUT2D eigenvalue weighted by molar-refractivity contribution is -0.927. The normalized spacial score (nSPS) is 31.6. The first-order valence-corrected chi connectivity index (χ1v) is 5.88. The van der Waals surface area contributed by atoms with E-state index in [0.29, 0.717) is 0 Å². The van der Waals surface area contributed by atoms with Crippen molar-refractivity contribution in [2.75, 3.05) is 0 Å². The van der Waals surface area contributed by atoms with Crippen LogP contribution < -0.4 is 5.06 Å². The van der Waals surface area contributed by atoms with E-state index in [1.165, 1.54) is 5.06 Å². The number of hydrogen-bond acceptors (Lipinski definition) is 3. The van der Waals surface area contributed by atoms with Gasteiger partial charge in [0.1, 0.15) is 11.6 Å². The van der Waals surface area contributed by atoms with E-state index < -0.39 is 11.2 Å². The van der Waals surface area contributed by atoms with Gasteiger partial charge in [-0.1, -0.05) is 30.3 Å². The molecule has 1 aromatic rings. The van der Waals surface area contributed by atoms with Gasteiger partial charge in [0.15, 0.2) is 5.66 Å². The van der Waals surface area contributed by atoms with Crippen molar-refractivity contribution in [3.63, 3.8) is 0 Å². The molecule has 2 N–H and O–H groups in total. The largest absolute Gasteiger partial charge is 0.632 e. The molecular weight excluding hydrogens is 216 g/mol. The van der Waals surface area contributed by atoms with Crippen molar-refractivity contribution in [2.45, 2.75) is 44.9 Å². The summed E-state index contributed by atoms with van der Waals surface area (Å²) in [6.45, 7) is 7.33. The molecule has 2 rings (SSSR count). The van der Waals surface area contributed by atoms with Crippen LogP contribution in [-0.4, -0.2) is 21.5 Å². The Balaban J connectivity index is 2.48. The van der Waals surface area contributed by atoms with Crippen LogP contribution in [0, 0.1) is 5.21 Å². The molecule has 1 aliphatic rings. The molecule has 0 saturated carbocycles. The molecule has 0 radical (unpaired) electrons. The van der Waals surface area contributed by atoms with Crippen LogP contribution in [0.1, 0.15) is 39.3 Å². The fraction of sp³-hybridized carbons (Fsp3) is 0.538. The third kappa shape index (κ3) is 1.68. The maximum atomic E-state index is 12.5. The minimum Gasteiger partial charge on any atom is -0.632 e. The number of benzene rings is 1. The number of hydrogen-bond donors (Lipinski definition) is 2. The molecular formula is C13H20N2O2. The highest BCUT2D eigenvalue weighted by atomic mass is 16.6. The van der Waals surface area contributed by atoms with Crippen molar-refractivity contribution < 1.29 is 10.3 Å². The molecule has 4 heteroatoms. The predicted molar refractivity (Wildman–Crippen MR) is 65.3 cm³/mol. The Hall–Kier alpha value is -0.940. The Morgan fingerprint density at radius 1 is 1.18 bits per heavy atom. The van der Waals surface area contributed by atoms with Gasteiger partial charge in [0.2, 0.25) is 0 Å². The summed E-state index contributed by atoms with van der Waals surface area (Å²) in [5, 5.41) is 23.9. The standard InChI is InChI=1S/C13H20N2O2/c1-12(2)11(10-8-6-5-7-9-10)14(16)13(3,4)15(12)17/h5-9,11,14,17H,1-4H3. The van der Waals surface area contributed by atoms with Gasteiger partial charge in [-0.2, -0.15) is 0 Å². The zero-order chi connectivity index (χ0) is 12.8. The first-order chi connectivity index (χ1) is 7.79. The second-order valence-electron chi connectivity index (χ2n) is 5.73. The molecule has 1 saturated heterocycles. The van der Waals surface area contributed by atoms with Gasteiger partial charge in [0.05, 0.1) is 0 Å². The lowest BCUT2D eigenvalue weighted by atomic mass is 9.90. The van der Waals surface area contributed by atoms with Crippen molar-refractivity contribution in [1.29, 1.82) is 0 Å². The average molecular weight is 236 g/mol. The van der Waals surface area contributed by atoms with Crippen LogP contribution in [-0.2, 0) is 0 Å². The van der Waals surface area contributed by atoms with Crippen molar-refractivity contribution in [1.82, 2.24) is 5.06 Å². The Morgan fingerprint density at radius 3 is 2.12 bits per heavy atom. The number of quaternary nitrogens is 1. The van der Waals surface area contributed by atoms with Crippen molar-refractivity contribution >= 4 is 0 Å². The van der Waals surface area contributed by atoms with E-state index in [9.17, 15) is 10.4 Å². The molecule has 0 aliphatic carbocycles. The lowest BCUT2D eigenvalue weighted by Gasteiger charge is -2.36. The van der Waals surface area contributed by atoms with Crippen LogP contribution >= 0.6 is 0 Å². The SMILES string of the molecule is CC1(C)C(c2ccccc2)[NH+]([O-])C(C)(C)N1O. The summed E-state index contributed by atoms with van der Waals surface area (Å²) >= 11 is 0. The zero-order valence-corrected chi connectivity index (χ0v) is 10.8. The summed E-state index contributed by atoms with van der Waals surface area (Å²) in [6.07, 6.45) is 0. The average Bonchev–Trinajstić information content (AvgIpc) is 2.39. The lowest BCUT2D eigenvalue weighted by Crippen LogP contribution is -3.14. The molecule has 1 heterocycles. The molecule has 1 aromatic carbocycles. The Bertz CT molecular complexity index is 403. The van der Waals surface area contributed by atoms with Crippen molar-refractivity contribution in [3.8, 4) is 0 Å². The smallest absolute Gasteiger partial charge is 0.171 e. The van der Waals surface area contributed by atoms with Crippen molar-refractivity contribution in [2.24, 2.45) is 0 Å². The van der Waals surface area contributed by atoms with Crippen LogP contribution in [0.4, 0.5) is 0 Å².